The molecule has 0 spiro atoms. The Hall–Kier alpha value is -2.24. The molecule has 5 nitrogen and oxygen atoms in total. The van der Waals surface area contributed by atoms with Crippen LogP contribution in [0.1, 0.15) is 10.4 Å². The van der Waals surface area contributed by atoms with Crippen molar-refractivity contribution >= 4 is 45.8 Å². The van der Waals surface area contributed by atoms with Crippen LogP contribution < -0.4 is 10.1 Å². The topological polar surface area (TPSA) is 67.0 Å². The van der Waals surface area contributed by atoms with Crippen LogP contribution in [0.2, 0.25) is 10.0 Å². The van der Waals surface area contributed by atoms with Gasteiger partial charge in [-0.05, 0) is 24.3 Å². The monoisotopic (exact) mass is 335 g/mol. The molecule has 0 fully saturated rings. The van der Waals surface area contributed by atoms with Crippen molar-refractivity contribution in [2.24, 2.45) is 0 Å². The van der Waals surface area contributed by atoms with E-state index in [9.17, 15) is 4.79 Å². The fourth-order valence-corrected chi connectivity index (χ4v) is 2.49. The van der Waals surface area contributed by atoms with E-state index in [4.69, 9.17) is 27.9 Å². The average molecular weight is 336 g/mol. The van der Waals surface area contributed by atoms with Crippen molar-refractivity contribution in [1.82, 2.24) is 9.97 Å². The molecule has 0 atom stereocenters. The number of imidazole rings is 1. The summed E-state index contributed by atoms with van der Waals surface area (Å²) in [5.41, 5.74) is 2.48. The molecule has 3 rings (SSSR count). The fraction of sp³-hybridized carbons (Fsp3) is 0.0667. The molecule has 2 N–H and O–H groups in total. The highest BCUT2D eigenvalue weighted by Crippen LogP contribution is 2.34. The molecule has 0 aliphatic heterocycles. The van der Waals surface area contributed by atoms with Gasteiger partial charge in [-0.3, -0.25) is 4.79 Å². The van der Waals surface area contributed by atoms with Gasteiger partial charge in [-0.15, -0.1) is 0 Å². The summed E-state index contributed by atoms with van der Waals surface area (Å²) in [6.07, 6.45) is 1.58. The molecule has 3 aromatic rings. The summed E-state index contributed by atoms with van der Waals surface area (Å²) in [6, 6.07) is 8.28. The molecule has 112 valence electrons. The highest BCUT2D eigenvalue weighted by atomic mass is 35.5. The molecule has 7 heteroatoms. The standard InChI is InChI=1S/C15H11Cl2N3O2/c1-22-14-6-9(16)12(5-10(14)17)20-15(21)8-2-3-11-13(4-8)19-7-18-11/h2-7H,1H3,(H,18,19)(H,20,21). The van der Waals surface area contributed by atoms with Crippen molar-refractivity contribution in [3.8, 4) is 5.75 Å². The Labute approximate surface area is 136 Å². The Morgan fingerprint density at radius 1 is 1.23 bits per heavy atom. The van der Waals surface area contributed by atoms with Crippen LogP contribution >= 0.6 is 23.2 Å². The van der Waals surface area contributed by atoms with E-state index in [1.807, 2.05) is 0 Å². The minimum Gasteiger partial charge on any atom is -0.495 e. The molecular weight excluding hydrogens is 325 g/mol. The van der Waals surface area contributed by atoms with Crippen molar-refractivity contribution in [3.63, 3.8) is 0 Å². The third-order valence-electron chi connectivity index (χ3n) is 3.17. The fourth-order valence-electron chi connectivity index (χ4n) is 2.05. The number of fused-ring (bicyclic) bond motifs is 1. The SMILES string of the molecule is COc1cc(Cl)c(NC(=O)c2ccc3nc[nH]c3c2)cc1Cl. The molecule has 0 aliphatic rings. The van der Waals surface area contributed by atoms with E-state index in [1.54, 1.807) is 36.7 Å². The number of hydrogen-bond acceptors (Lipinski definition) is 3. The van der Waals surface area contributed by atoms with Gasteiger partial charge in [-0.1, -0.05) is 23.2 Å². The summed E-state index contributed by atoms with van der Waals surface area (Å²) in [5.74, 6) is 0.156. The largest absolute Gasteiger partial charge is 0.495 e. The molecule has 0 unspecified atom stereocenters. The Morgan fingerprint density at radius 3 is 2.82 bits per heavy atom. The first-order valence-corrected chi connectivity index (χ1v) is 7.11. The number of aromatic nitrogens is 2. The minimum absolute atomic E-state index is 0.292. The van der Waals surface area contributed by atoms with Gasteiger partial charge in [0.25, 0.3) is 5.91 Å². The van der Waals surface area contributed by atoms with Gasteiger partial charge in [0.1, 0.15) is 5.75 Å². The first-order chi connectivity index (χ1) is 10.6. The number of aromatic amines is 1. The molecule has 1 aromatic heterocycles. The number of carbonyl (C=O) groups is 1. The van der Waals surface area contributed by atoms with Crippen LogP contribution in [-0.2, 0) is 0 Å². The van der Waals surface area contributed by atoms with Gasteiger partial charge >= 0.3 is 0 Å². The number of hydrogen-bond donors (Lipinski definition) is 2. The lowest BCUT2D eigenvalue weighted by Crippen LogP contribution is -2.12. The van der Waals surface area contributed by atoms with E-state index < -0.39 is 0 Å². The number of H-pyrrole nitrogens is 1. The number of benzene rings is 2. The van der Waals surface area contributed by atoms with Crippen LogP contribution in [0.4, 0.5) is 5.69 Å². The highest BCUT2D eigenvalue weighted by Gasteiger charge is 2.12. The van der Waals surface area contributed by atoms with E-state index in [-0.39, 0.29) is 5.91 Å². The number of halogens is 2. The minimum atomic E-state index is -0.292. The number of rotatable bonds is 3. The Balaban J connectivity index is 1.89. The number of methoxy groups -OCH3 is 1. The number of amides is 1. The molecule has 2 aromatic carbocycles. The third kappa shape index (κ3) is 2.73. The molecule has 0 aliphatic carbocycles. The van der Waals surface area contributed by atoms with Crippen molar-refractivity contribution in [2.75, 3.05) is 12.4 Å². The Bertz CT molecular complexity index is 861. The predicted molar refractivity (Wildman–Crippen MR) is 87.1 cm³/mol. The second-order valence-electron chi connectivity index (χ2n) is 4.56. The van der Waals surface area contributed by atoms with E-state index in [2.05, 4.69) is 15.3 Å². The summed E-state index contributed by atoms with van der Waals surface area (Å²) < 4.78 is 5.07. The van der Waals surface area contributed by atoms with Crippen LogP contribution in [0.15, 0.2) is 36.7 Å². The van der Waals surface area contributed by atoms with Gasteiger partial charge in [0, 0.05) is 11.6 Å². The van der Waals surface area contributed by atoms with Crippen molar-refractivity contribution in [1.29, 1.82) is 0 Å². The van der Waals surface area contributed by atoms with E-state index in [1.165, 1.54) is 7.11 Å². The maximum atomic E-state index is 12.3. The van der Waals surface area contributed by atoms with E-state index in [0.29, 0.717) is 27.0 Å². The van der Waals surface area contributed by atoms with Crippen LogP contribution in [0.25, 0.3) is 11.0 Å². The van der Waals surface area contributed by atoms with Gasteiger partial charge in [-0.25, -0.2) is 4.98 Å². The lowest BCUT2D eigenvalue weighted by Gasteiger charge is -2.10. The van der Waals surface area contributed by atoms with Crippen LogP contribution in [0.5, 0.6) is 5.75 Å². The summed E-state index contributed by atoms with van der Waals surface area (Å²) in [5, 5.41) is 3.44. The van der Waals surface area contributed by atoms with Gasteiger partial charge in [0.05, 0.1) is 40.2 Å². The van der Waals surface area contributed by atoms with Crippen molar-refractivity contribution < 1.29 is 9.53 Å². The van der Waals surface area contributed by atoms with E-state index in [0.717, 1.165) is 11.0 Å². The zero-order valence-electron chi connectivity index (χ0n) is 11.5. The average Bonchev–Trinajstić information content (AvgIpc) is 2.97. The van der Waals surface area contributed by atoms with Crippen LogP contribution in [-0.4, -0.2) is 23.0 Å². The van der Waals surface area contributed by atoms with Crippen LogP contribution in [0.3, 0.4) is 0 Å². The van der Waals surface area contributed by atoms with Crippen LogP contribution in [0, 0.1) is 0 Å². The zero-order valence-corrected chi connectivity index (χ0v) is 13.0. The lowest BCUT2D eigenvalue weighted by atomic mass is 10.2. The summed E-state index contributed by atoms with van der Waals surface area (Å²) in [7, 11) is 1.50. The number of nitrogens with zero attached hydrogens (tertiary/aromatic N) is 1. The molecule has 0 radical (unpaired) electrons. The second-order valence-corrected chi connectivity index (χ2v) is 5.37. The van der Waals surface area contributed by atoms with E-state index >= 15 is 0 Å². The molecule has 0 bridgehead atoms. The number of anilines is 1. The lowest BCUT2D eigenvalue weighted by molar-refractivity contribution is 0.102. The van der Waals surface area contributed by atoms with Crippen molar-refractivity contribution in [2.45, 2.75) is 0 Å². The summed E-state index contributed by atoms with van der Waals surface area (Å²) >= 11 is 12.2. The molecule has 22 heavy (non-hydrogen) atoms. The molecular formula is C15H11Cl2N3O2. The summed E-state index contributed by atoms with van der Waals surface area (Å²) in [4.78, 5) is 19.4. The molecule has 1 heterocycles. The smallest absolute Gasteiger partial charge is 0.255 e. The second kappa shape index (κ2) is 5.87. The maximum absolute atomic E-state index is 12.3. The Morgan fingerprint density at radius 2 is 2.05 bits per heavy atom. The normalized spacial score (nSPS) is 10.7. The van der Waals surface area contributed by atoms with Gasteiger partial charge < -0.3 is 15.0 Å². The van der Waals surface area contributed by atoms with Gasteiger partial charge in [0.2, 0.25) is 0 Å². The maximum Gasteiger partial charge on any atom is 0.255 e. The molecule has 1 amide bonds. The van der Waals surface area contributed by atoms with Crippen molar-refractivity contribution in [3.05, 3.63) is 52.3 Å². The number of carbonyl (C=O) groups excluding carboxylic acids is 1. The highest BCUT2D eigenvalue weighted by molar-refractivity contribution is 6.36. The quantitative estimate of drug-likeness (QED) is 0.756. The van der Waals surface area contributed by atoms with Gasteiger partial charge in [0.15, 0.2) is 0 Å². The first-order valence-electron chi connectivity index (χ1n) is 6.36. The number of nitrogens with one attached hydrogen (secondary N) is 2. The summed E-state index contributed by atoms with van der Waals surface area (Å²) in [6.45, 7) is 0. The van der Waals surface area contributed by atoms with Gasteiger partial charge in [-0.2, -0.15) is 0 Å². The first kappa shape index (κ1) is 14.7. The molecule has 0 saturated carbocycles. The Kier molecular flexibility index (Phi) is 3.92. The third-order valence-corrected chi connectivity index (χ3v) is 3.78. The predicted octanol–water partition coefficient (Wildman–Crippen LogP) is 4.13. The number of ether oxygens (including phenoxy) is 1. The zero-order chi connectivity index (χ0) is 15.7. The molecule has 0 saturated heterocycles.